The third-order valence-corrected chi connectivity index (χ3v) is 6.07. The second kappa shape index (κ2) is 6.82. The van der Waals surface area contributed by atoms with Crippen LogP contribution >= 0.6 is 0 Å². The maximum atomic E-state index is 14.3. The van der Waals surface area contributed by atoms with E-state index in [2.05, 4.69) is 20.3 Å². The number of aliphatic imine (C=N–C) groups is 1. The van der Waals surface area contributed by atoms with E-state index in [4.69, 9.17) is 9.72 Å². The van der Waals surface area contributed by atoms with Gasteiger partial charge in [0.25, 0.3) is 5.91 Å². The number of amides is 1. The minimum Gasteiger partial charge on any atom is -0.480 e. The SMILES string of the molecule is CC12CC(F)=CN=C1OCCCNC(=O)c1cnn3ccc(nc13)N1CCC[C@@H]12. The van der Waals surface area contributed by atoms with Crippen LogP contribution in [0.5, 0.6) is 0 Å². The van der Waals surface area contributed by atoms with Gasteiger partial charge in [-0.25, -0.2) is 18.9 Å². The number of halogens is 1. The molecule has 1 unspecified atom stereocenters. The fraction of sp³-hybridized carbons (Fsp3) is 0.500. The highest BCUT2D eigenvalue weighted by molar-refractivity contribution is 5.99. The number of rotatable bonds is 0. The van der Waals surface area contributed by atoms with E-state index in [9.17, 15) is 9.18 Å². The first-order valence-electron chi connectivity index (χ1n) is 10.0. The minimum atomic E-state index is -0.584. The number of carbonyl (C=O) groups is 1. The lowest BCUT2D eigenvalue weighted by molar-refractivity contribution is 0.0952. The zero-order valence-corrected chi connectivity index (χ0v) is 16.3. The second-order valence-corrected chi connectivity index (χ2v) is 8.03. The molecule has 5 rings (SSSR count). The summed E-state index contributed by atoms with van der Waals surface area (Å²) in [4.78, 5) is 23.8. The summed E-state index contributed by atoms with van der Waals surface area (Å²) >= 11 is 0. The van der Waals surface area contributed by atoms with Gasteiger partial charge in [0, 0.05) is 31.7 Å². The summed E-state index contributed by atoms with van der Waals surface area (Å²) in [5.41, 5.74) is 0.382. The van der Waals surface area contributed by atoms with Gasteiger partial charge in [0.15, 0.2) is 11.5 Å². The van der Waals surface area contributed by atoms with Gasteiger partial charge in [-0.2, -0.15) is 5.10 Å². The average molecular weight is 398 g/mol. The fourth-order valence-electron chi connectivity index (χ4n) is 4.63. The number of anilines is 1. The molecular formula is C20H23FN6O2. The van der Waals surface area contributed by atoms with E-state index < -0.39 is 5.41 Å². The van der Waals surface area contributed by atoms with Crippen molar-refractivity contribution in [2.75, 3.05) is 24.6 Å². The van der Waals surface area contributed by atoms with Gasteiger partial charge in [0.05, 0.1) is 24.4 Å². The topological polar surface area (TPSA) is 84.1 Å². The van der Waals surface area contributed by atoms with Crippen molar-refractivity contribution >= 4 is 23.3 Å². The Labute approximate surface area is 167 Å². The molecule has 2 bridgehead atoms. The molecule has 2 aromatic rings. The molecule has 152 valence electrons. The molecule has 0 radical (unpaired) electrons. The Morgan fingerprint density at radius 3 is 3.17 bits per heavy atom. The minimum absolute atomic E-state index is 0.00112. The standard InChI is InChI=1S/C20H23FN6O2/c1-20-10-13(21)11-23-19(20)29-9-3-6-22-18(28)14-12-24-27-8-5-16(25-17(14)27)26-7-2-4-15(20)26/h5,8,11-12,15H,2-4,6-7,9-10H2,1H3,(H,22,28)/t15-,20?/m1/s1. The first-order chi connectivity index (χ1) is 14.1. The third kappa shape index (κ3) is 2.95. The molecule has 29 heavy (non-hydrogen) atoms. The molecular weight excluding hydrogens is 375 g/mol. The van der Waals surface area contributed by atoms with Gasteiger partial charge in [-0.1, -0.05) is 0 Å². The van der Waals surface area contributed by atoms with Crippen molar-refractivity contribution in [3.8, 4) is 0 Å². The van der Waals surface area contributed by atoms with Crippen molar-refractivity contribution in [2.24, 2.45) is 10.4 Å². The molecule has 9 heteroatoms. The summed E-state index contributed by atoms with van der Waals surface area (Å²) in [6.07, 6.45) is 7.35. The van der Waals surface area contributed by atoms with Crippen LogP contribution < -0.4 is 10.2 Å². The van der Waals surface area contributed by atoms with Gasteiger partial charge >= 0.3 is 0 Å². The lowest BCUT2D eigenvalue weighted by Crippen LogP contribution is -2.49. The van der Waals surface area contributed by atoms with Gasteiger partial charge in [0.2, 0.25) is 0 Å². The highest BCUT2D eigenvalue weighted by Crippen LogP contribution is 2.43. The van der Waals surface area contributed by atoms with Crippen LogP contribution in [0.15, 0.2) is 35.5 Å². The van der Waals surface area contributed by atoms with Crippen molar-refractivity contribution in [2.45, 2.75) is 38.6 Å². The van der Waals surface area contributed by atoms with Gasteiger partial charge in [-0.05, 0) is 32.3 Å². The van der Waals surface area contributed by atoms with E-state index in [1.54, 1.807) is 10.7 Å². The third-order valence-electron chi connectivity index (χ3n) is 6.07. The molecule has 0 aromatic carbocycles. The zero-order chi connectivity index (χ0) is 20.0. The molecule has 8 nitrogen and oxygen atoms in total. The zero-order valence-electron chi connectivity index (χ0n) is 16.3. The van der Waals surface area contributed by atoms with Gasteiger partial charge < -0.3 is 15.0 Å². The molecule has 0 saturated carbocycles. The quantitative estimate of drug-likeness (QED) is 0.737. The van der Waals surface area contributed by atoms with Gasteiger partial charge in [-0.15, -0.1) is 0 Å². The van der Waals surface area contributed by atoms with Crippen molar-refractivity contribution in [1.82, 2.24) is 19.9 Å². The van der Waals surface area contributed by atoms with E-state index in [1.807, 2.05) is 19.2 Å². The van der Waals surface area contributed by atoms with E-state index >= 15 is 0 Å². The number of carbonyl (C=O) groups excluding carboxylic acids is 1. The van der Waals surface area contributed by atoms with Crippen LogP contribution in [0.1, 0.15) is 43.0 Å². The van der Waals surface area contributed by atoms with Crippen molar-refractivity contribution in [1.29, 1.82) is 0 Å². The van der Waals surface area contributed by atoms with Crippen LogP contribution in [0.25, 0.3) is 5.65 Å². The van der Waals surface area contributed by atoms with Crippen molar-refractivity contribution in [3.05, 3.63) is 36.1 Å². The molecule has 2 aromatic heterocycles. The predicted octanol–water partition coefficient (Wildman–Crippen LogP) is 2.47. The largest absolute Gasteiger partial charge is 0.480 e. The number of aromatic nitrogens is 3. The van der Waals surface area contributed by atoms with Crippen molar-refractivity contribution in [3.63, 3.8) is 0 Å². The summed E-state index contributed by atoms with van der Waals surface area (Å²) in [5.74, 6) is 0.874. The number of nitrogens with one attached hydrogen (secondary N) is 1. The number of nitrogens with zero attached hydrogens (tertiary/aromatic N) is 5. The van der Waals surface area contributed by atoms with Gasteiger partial charge in [0.1, 0.15) is 17.2 Å². The number of hydrogen-bond donors (Lipinski definition) is 1. The summed E-state index contributed by atoms with van der Waals surface area (Å²) < 4.78 is 21.9. The highest BCUT2D eigenvalue weighted by atomic mass is 19.1. The molecule has 5 heterocycles. The molecule has 3 aliphatic heterocycles. The van der Waals surface area contributed by atoms with E-state index in [0.717, 1.165) is 25.2 Å². The Hall–Kier alpha value is -2.97. The van der Waals surface area contributed by atoms with E-state index in [0.29, 0.717) is 36.7 Å². The average Bonchev–Trinajstić information content (AvgIpc) is 3.35. The highest BCUT2D eigenvalue weighted by Gasteiger charge is 2.48. The first kappa shape index (κ1) is 18.1. The number of ether oxygens (including phenoxy) is 1. The van der Waals surface area contributed by atoms with Crippen molar-refractivity contribution < 1.29 is 13.9 Å². The fourth-order valence-corrected chi connectivity index (χ4v) is 4.63. The molecule has 3 aliphatic rings. The lowest BCUT2D eigenvalue weighted by atomic mass is 9.76. The number of fused-ring (bicyclic) bond motifs is 5. The van der Waals surface area contributed by atoms with Crippen LogP contribution in [-0.2, 0) is 4.74 Å². The predicted molar refractivity (Wildman–Crippen MR) is 106 cm³/mol. The van der Waals surface area contributed by atoms with Crippen LogP contribution in [0.3, 0.4) is 0 Å². The first-order valence-corrected chi connectivity index (χ1v) is 10.0. The summed E-state index contributed by atoms with van der Waals surface area (Å²) in [6.45, 7) is 3.69. The maximum Gasteiger partial charge on any atom is 0.256 e. The number of hydrogen-bond acceptors (Lipinski definition) is 6. The summed E-state index contributed by atoms with van der Waals surface area (Å²) in [5, 5.41) is 7.14. The van der Waals surface area contributed by atoms with Crippen LogP contribution in [0, 0.1) is 5.41 Å². The summed E-state index contributed by atoms with van der Waals surface area (Å²) in [6, 6.07) is 1.89. The Morgan fingerprint density at radius 1 is 1.38 bits per heavy atom. The smallest absolute Gasteiger partial charge is 0.256 e. The van der Waals surface area contributed by atoms with Crippen LogP contribution in [0.2, 0.25) is 0 Å². The maximum absolute atomic E-state index is 14.3. The molecule has 1 amide bonds. The monoisotopic (exact) mass is 398 g/mol. The normalized spacial score (nSPS) is 27.4. The Bertz CT molecular complexity index is 1030. The van der Waals surface area contributed by atoms with Crippen LogP contribution in [-0.4, -0.2) is 52.1 Å². The molecule has 0 spiro atoms. The molecule has 1 saturated heterocycles. The lowest BCUT2D eigenvalue weighted by Gasteiger charge is -2.41. The van der Waals surface area contributed by atoms with E-state index in [-0.39, 0.29) is 24.2 Å². The van der Waals surface area contributed by atoms with Gasteiger partial charge in [-0.3, -0.25) is 4.79 Å². The molecule has 0 aliphatic carbocycles. The number of allylic oxidation sites excluding steroid dienone is 1. The second-order valence-electron chi connectivity index (χ2n) is 8.03. The Morgan fingerprint density at radius 2 is 2.28 bits per heavy atom. The molecule has 1 fully saturated rings. The van der Waals surface area contributed by atoms with Crippen LogP contribution in [0.4, 0.5) is 10.2 Å². The Balaban J connectivity index is 1.62. The molecule has 2 atom stereocenters. The Kier molecular flexibility index (Phi) is 4.25. The molecule has 1 N–H and O–H groups in total. The summed E-state index contributed by atoms with van der Waals surface area (Å²) in [7, 11) is 0. The van der Waals surface area contributed by atoms with E-state index in [1.165, 1.54) is 6.20 Å².